The molecule has 18 heavy (non-hydrogen) atoms. The number of hydrogen-bond donors (Lipinski definition) is 1. The van der Waals surface area contributed by atoms with Gasteiger partial charge in [-0.3, -0.25) is 0 Å². The summed E-state index contributed by atoms with van der Waals surface area (Å²) in [7, 11) is 0. The highest BCUT2D eigenvalue weighted by molar-refractivity contribution is 9.10. The topological polar surface area (TPSA) is 51.0 Å². The maximum absolute atomic E-state index is 6.19. The Morgan fingerprint density at radius 3 is 2.94 bits per heavy atom. The number of nitrogens with zero attached hydrogens (tertiary/aromatic N) is 2. The fourth-order valence-electron chi connectivity index (χ4n) is 1.58. The third-order valence-corrected chi connectivity index (χ3v) is 3.80. The Labute approximate surface area is 119 Å². The van der Waals surface area contributed by atoms with Gasteiger partial charge in [0.25, 0.3) is 0 Å². The first-order valence-corrected chi connectivity index (χ1v) is 6.81. The smallest absolute Gasteiger partial charge is 0.249 e. The molecule has 0 bridgehead atoms. The summed E-state index contributed by atoms with van der Waals surface area (Å²) in [6.45, 7) is 4.85. The second-order valence-electron chi connectivity index (χ2n) is 3.83. The Morgan fingerprint density at radius 2 is 2.22 bits per heavy atom. The van der Waals surface area contributed by atoms with Gasteiger partial charge in [-0.1, -0.05) is 24.6 Å². The molecule has 0 amide bonds. The normalized spacial score (nSPS) is 12.7. The molecule has 0 aliphatic rings. The summed E-state index contributed by atoms with van der Waals surface area (Å²) in [5, 5.41) is 11.8. The molecule has 0 saturated carbocycles. The van der Waals surface area contributed by atoms with Crippen molar-refractivity contribution >= 4 is 27.5 Å². The van der Waals surface area contributed by atoms with Crippen molar-refractivity contribution in [2.45, 2.75) is 19.9 Å². The van der Waals surface area contributed by atoms with E-state index in [0.29, 0.717) is 16.8 Å². The SMILES string of the molecule is CCNC(C)c1nnc(-c2cccc(Br)c2Cl)o1. The van der Waals surface area contributed by atoms with Crippen LogP contribution in [0.4, 0.5) is 0 Å². The lowest BCUT2D eigenvalue weighted by atomic mass is 10.2. The Balaban J connectivity index is 2.32. The zero-order chi connectivity index (χ0) is 13.1. The second-order valence-corrected chi connectivity index (χ2v) is 5.06. The first kappa shape index (κ1) is 13.5. The summed E-state index contributed by atoms with van der Waals surface area (Å²) < 4.78 is 6.44. The van der Waals surface area contributed by atoms with Crippen LogP contribution in [0.5, 0.6) is 0 Å². The fourth-order valence-corrected chi connectivity index (χ4v) is 2.15. The Bertz CT molecular complexity index is 544. The van der Waals surface area contributed by atoms with Gasteiger partial charge >= 0.3 is 0 Å². The van der Waals surface area contributed by atoms with Crippen LogP contribution in [0.1, 0.15) is 25.8 Å². The minimum atomic E-state index is 0.0298. The molecule has 0 spiro atoms. The highest BCUT2D eigenvalue weighted by atomic mass is 79.9. The molecule has 1 N–H and O–H groups in total. The standard InChI is InChI=1S/C12H13BrClN3O/c1-3-15-7(2)11-16-17-12(18-11)8-5-4-6-9(13)10(8)14/h4-7,15H,3H2,1-2H3. The van der Waals surface area contributed by atoms with Crippen molar-refractivity contribution in [3.8, 4) is 11.5 Å². The molecule has 1 atom stereocenters. The first-order valence-electron chi connectivity index (χ1n) is 5.64. The summed E-state index contributed by atoms with van der Waals surface area (Å²) in [4.78, 5) is 0. The monoisotopic (exact) mass is 329 g/mol. The lowest BCUT2D eigenvalue weighted by molar-refractivity contribution is 0.429. The molecule has 6 heteroatoms. The maximum atomic E-state index is 6.19. The minimum Gasteiger partial charge on any atom is -0.419 e. The summed E-state index contributed by atoms with van der Waals surface area (Å²) in [5.41, 5.74) is 0.730. The van der Waals surface area contributed by atoms with E-state index in [4.69, 9.17) is 16.0 Å². The third kappa shape index (κ3) is 2.74. The molecular weight excluding hydrogens is 318 g/mol. The van der Waals surface area contributed by atoms with Gasteiger partial charge in [-0.05, 0) is 41.5 Å². The van der Waals surface area contributed by atoms with Crippen molar-refractivity contribution in [2.24, 2.45) is 0 Å². The van der Waals surface area contributed by atoms with Crippen molar-refractivity contribution in [3.63, 3.8) is 0 Å². The number of aromatic nitrogens is 2. The van der Waals surface area contributed by atoms with Crippen LogP contribution in [0.25, 0.3) is 11.5 Å². The molecule has 0 aliphatic carbocycles. The molecule has 2 rings (SSSR count). The van der Waals surface area contributed by atoms with Crippen LogP contribution in [0.15, 0.2) is 27.1 Å². The van der Waals surface area contributed by atoms with Crippen LogP contribution >= 0.6 is 27.5 Å². The van der Waals surface area contributed by atoms with Gasteiger partial charge in [0, 0.05) is 4.47 Å². The zero-order valence-electron chi connectivity index (χ0n) is 10.1. The first-order chi connectivity index (χ1) is 8.63. The predicted octanol–water partition coefficient (Wildman–Crippen LogP) is 3.82. The molecule has 0 radical (unpaired) electrons. The second kappa shape index (κ2) is 5.82. The van der Waals surface area contributed by atoms with Crippen molar-refractivity contribution in [2.75, 3.05) is 6.54 Å². The van der Waals surface area contributed by atoms with E-state index >= 15 is 0 Å². The lowest BCUT2D eigenvalue weighted by Crippen LogP contribution is -2.17. The molecule has 4 nitrogen and oxygen atoms in total. The Morgan fingerprint density at radius 1 is 1.44 bits per heavy atom. The van der Waals surface area contributed by atoms with Gasteiger partial charge in [0.1, 0.15) is 0 Å². The molecule has 96 valence electrons. The summed E-state index contributed by atoms with van der Waals surface area (Å²) in [6, 6.07) is 5.62. The molecule has 0 aliphatic heterocycles. The van der Waals surface area contributed by atoms with Crippen molar-refractivity contribution in [3.05, 3.63) is 33.6 Å². The largest absolute Gasteiger partial charge is 0.419 e. The average Bonchev–Trinajstić information content (AvgIpc) is 2.82. The number of hydrogen-bond acceptors (Lipinski definition) is 4. The molecule has 1 unspecified atom stereocenters. The van der Waals surface area contributed by atoms with Crippen LogP contribution in [0.3, 0.4) is 0 Å². The van der Waals surface area contributed by atoms with Crippen LogP contribution < -0.4 is 5.32 Å². The van der Waals surface area contributed by atoms with Crippen LogP contribution in [-0.2, 0) is 0 Å². The maximum Gasteiger partial charge on any atom is 0.249 e. The van der Waals surface area contributed by atoms with E-state index in [-0.39, 0.29) is 6.04 Å². The van der Waals surface area contributed by atoms with Gasteiger partial charge in [0.05, 0.1) is 16.6 Å². The summed E-state index contributed by atoms with van der Waals surface area (Å²) in [5.74, 6) is 0.990. The Hall–Kier alpha value is -0.910. The highest BCUT2D eigenvalue weighted by Crippen LogP contribution is 2.33. The molecule has 0 saturated heterocycles. The van der Waals surface area contributed by atoms with Gasteiger partial charge in [0.15, 0.2) is 0 Å². The molecule has 2 aromatic rings. The average molecular weight is 331 g/mol. The number of nitrogens with one attached hydrogen (secondary N) is 1. The highest BCUT2D eigenvalue weighted by Gasteiger charge is 2.16. The molecule has 1 heterocycles. The number of halogens is 2. The van der Waals surface area contributed by atoms with Gasteiger partial charge in [-0.15, -0.1) is 10.2 Å². The number of benzene rings is 1. The van der Waals surface area contributed by atoms with Crippen LogP contribution in [0.2, 0.25) is 5.02 Å². The molecular formula is C12H13BrClN3O. The van der Waals surface area contributed by atoms with Crippen LogP contribution in [0, 0.1) is 0 Å². The fraction of sp³-hybridized carbons (Fsp3) is 0.333. The number of rotatable bonds is 4. The van der Waals surface area contributed by atoms with E-state index < -0.39 is 0 Å². The molecule has 0 fully saturated rings. The third-order valence-electron chi connectivity index (χ3n) is 2.50. The van der Waals surface area contributed by atoms with Crippen molar-refractivity contribution in [1.82, 2.24) is 15.5 Å². The van der Waals surface area contributed by atoms with Crippen molar-refractivity contribution < 1.29 is 4.42 Å². The lowest BCUT2D eigenvalue weighted by Gasteiger charge is -2.06. The summed E-state index contributed by atoms with van der Waals surface area (Å²) in [6.07, 6.45) is 0. The van der Waals surface area contributed by atoms with E-state index in [0.717, 1.165) is 16.6 Å². The Kier molecular flexibility index (Phi) is 4.37. The predicted molar refractivity (Wildman–Crippen MR) is 74.5 cm³/mol. The van der Waals surface area contributed by atoms with E-state index in [2.05, 4.69) is 31.4 Å². The molecule has 1 aromatic carbocycles. The van der Waals surface area contributed by atoms with Crippen LogP contribution in [-0.4, -0.2) is 16.7 Å². The zero-order valence-corrected chi connectivity index (χ0v) is 12.4. The van der Waals surface area contributed by atoms with E-state index in [1.165, 1.54) is 0 Å². The van der Waals surface area contributed by atoms with E-state index in [1.54, 1.807) is 0 Å². The quantitative estimate of drug-likeness (QED) is 0.926. The van der Waals surface area contributed by atoms with Crippen molar-refractivity contribution in [1.29, 1.82) is 0 Å². The van der Waals surface area contributed by atoms with Gasteiger partial charge in [-0.2, -0.15) is 0 Å². The van der Waals surface area contributed by atoms with Gasteiger partial charge in [-0.25, -0.2) is 0 Å². The molecule has 1 aromatic heterocycles. The van der Waals surface area contributed by atoms with Gasteiger partial charge in [0.2, 0.25) is 11.8 Å². The van der Waals surface area contributed by atoms with E-state index in [9.17, 15) is 0 Å². The van der Waals surface area contributed by atoms with Gasteiger partial charge < -0.3 is 9.73 Å². The minimum absolute atomic E-state index is 0.0298. The van der Waals surface area contributed by atoms with E-state index in [1.807, 2.05) is 32.0 Å². The summed E-state index contributed by atoms with van der Waals surface area (Å²) >= 11 is 9.56.